The fourth-order valence-corrected chi connectivity index (χ4v) is 1.47. The second-order valence-corrected chi connectivity index (χ2v) is 3.84. The number of anilines is 2. The van der Waals surface area contributed by atoms with Gasteiger partial charge in [-0.25, -0.2) is 4.98 Å². The van der Waals surface area contributed by atoms with Crippen molar-refractivity contribution >= 4 is 11.8 Å². The van der Waals surface area contributed by atoms with Crippen LogP contribution in [-0.2, 0) is 6.54 Å². The summed E-state index contributed by atoms with van der Waals surface area (Å²) in [4.78, 5) is 12.7. The van der Waals surface area contributed by atoms with Crippen molar-refractivity contribution in [2.45, 2.75) is 27.3 Å². The molecule has 2 heterocycles. The summed E-state index contributed by atoms with van der Waals surface area (Å²) in [5, 5.41) is 9.93. The highest BCUT2D eigenvalue weighted by molar-refractivity contribution is 5.42. The maximum Gasteiger partial charge on any atom is 0.245 e. The van der Waals surface area contributed by atoms with Gasteiger partial charge in [0, 0.05) is 18.3 Å². The molecule has 7 nitrogen and oxygen atoms in total. The molecule has 7 heteroatoms. The van der Waals surface area contributed by atoms with Crippen LogP contribution in [0.15, 0.2) is 10.6 Å². The minimum Gasteiger partial charge on any atom is -0.361 e. The quantitative estimate of drug-likeness (QED) is 0.829. The van der Waals surface area contributed by atoms with Crippen LogP contribution in [0.3, 0.4) is 0 Å². The number of hydrogen-bond donors (Lipinski definition) is 2. The van der Waals surface area contributed by atoms with E-state index >= 15 is 0 Å². The number of rotatable bonds is 5. The lowest BCUT2D eigenvalue weighted by Crippen LogP contribution is -2.07. The van der Waals surface area contributed by atoms with Crippen LogP contribution in [-0.4, -0.2) is 26.7 Å². The summed E-state index contributed by atoms with van der Waals surface area (Å²) in [6.07, 6.45) is 0. The number of aromatic nitrogens is 4. The van der Waals surface area contributed by atoms with Crippen molar-refractivity contribution in [2.75, 3.05) is 17.2 Å². The molecule has 2 aromatic heterocycles. The van der Waals surface area contributed by atoms with E-state index in [1.165, 1.54) is 0 Å². The van der Waals surface area contributed by atoms with Gasteiger partial charge in [-0.1, -0.05) is 5.16 Å². The van der Waals surface area contributed by atoms with Gasteiger partial charge >= 0.3 is 0 Å². The Bertz CT molecular complexity index is 524. The zero-order chi connectivity index (χ0) is 13.0. The molecular weight excluding hydrogens is 232 g/mol. The number of aryl methyl sites for hydroxylation is 2. The van der Waals surface area contributed by atoms with Gasteiger partial charge in [-0.15, -0.1) is 0 Å². The summed E-state index contributed by atoms with van der Waals surface area (Å²) in [5.74, 6) is 2.50. The molecule has 0 amide bonds. The van der Waals surface area contributed by atoms with Crippen LogP contribution in [0.2, 0.25) is 0 Å². The van der Waals surface area contributed by atoms with Crippen molar-refractivity contribution in [3.05, 3.63) is 23.5 Å². The molecule has 0 fully saturated rings. The second kappa shape index (κ2) is 5.44. The van der Waals surface area contributed by atoms with Gasteiger partial charge in [-0.05, 0) is 20.8 Å². The van der Waals surface area contributed by atoms with Gasteiger partial charge in [0.15, 0.2) is 5.82 Å². The molecule has 0 aromatic carbocycles. The first-order valence-corrected chi connectivity index (χ1v) is 5.80. The lowest BCUT2D eigenvalue weighted by molar-refractivity contribution is 0.379. The van der Waals surface area contributed by atoms with Crippen LogP contribution in [0.25, 0.3) is 0 Å². The zero-order valence-corrected chi connectivity index (χ0v) is 10.7. The van der Waals surface area contributed by atoms with E-state index in [2.05, 4.69) is 30.7 Å². The molecule has 0 spiro atoms. The summed E-state index contributed by atoms with van der Waals surface area (Å²) < 4.78 is 5.01. The van der Waals surface area contributed by atoms with Crippen LogP contribution in [0, 0.1) is 13.8 Å². The molecule has 0 atom stereocenters. The Morgan fingerprint density at radius 3 is 2.67 bits per heavy atom. The van der Waals surface area contributed by atoms with Crippen molar-refractivity contribution in [1.82, 2.24) is 20.1 Å². The molecule has 0 aliphatic heterocycles. The molecule has 0 aliphatic rings. The molecular formula is C11H16N6O. The zero-order valence-electron chi connectivity index (χ0n) is 10.7. The van der Waals surface area contributed by atoms with E-state index in [0.29, 0.717) is 24.2 Å². The molecule has 0 aliphatic carbocycles. The Morgan fingerprint density at radius 1 is 1.17 bits per heavy atom. The molecule has 18 heavy (non-hydrogen) atoms. The molecule has 0 unspecified atom stereocenters. The first-order chi connectivity index (χ1) is 8.67. The highest BCUT2D eigenvalue weighted by atomic mass is 16.5. The van der Waals surface area contributed by atoms with Crippen molar-refractivity contribution in [1.29, 1.82) is 0 Å². The van der Waals surface area contributed by atoms with Gasteiger partial charge < -0.3 is 15.2 Å². The van der Waals surface area contributed by atoms with Gasteiger partial charge in [0.2, 0.25) is 11.8 Å². The van der Waals surface area contributed by atoms with Crippen LogP contribution >= 0.6 is 0 Å². The third kappa shape index (κ3) is 3.16. The monoisotopic (exact) mass is 248 g/mol. The fourth-order valence-electron chi connectivity index (χ4n) is 1.47. The fraction of sp³-hybridized carbons (Fsp3) is 0.455. The van der Waals surface area contributed by atoms with Crippen molar-refractivity contribution < 1.29 is 4.52 Å². The maximum atomic E-state index is 5.01. The normalized spacial score (nSPS) is 10.4. The number of hydrogen-bond acceptors (Lipinski definition) is 7. The van der Waals surface area contributed by atoms with Crippen LogP contribution in [0.1, 0.15) is 24.3 Å². The average Bonchev–Trinajstić information content (AvgIpc) is 2.72. The largest absolute Gasteiger partial charge is 0.361 e. The van der Waals surface area contributed by atoms with Gasteiger partial charge in [-0.3, -0.25) is 0 Å². The summed E-state index contributed by atoms with van der Waals surface area (Å²) in [7, 11) is 0. The summed E-state index contributed by atoms with van der Waals surface area (Å²) in [6.45, 7) is 6.93. The molecule has 2 rings (SSSR count). The average molecular weight is 248 g/mol. The minimum atomic E-state index is 0.447. The molecule has 0 radical (unpaired) electrons. The van der Waals surface area contributed by atoms with E-state index < -0.39 is 0 Å². The SMILES string of the molecule is CCNc1nc(C)cc(NCc2nc(C)no2)n1. The van der Waals surface area contributed by atoms with Crippen molar-refractivity contribution in [3.8, 4) is 0 Å². The van der Waals surface area contributed by atoms with E-state index in [1.807, 2.05) is 19.9 Å². The van der Waals surface area contributed by atoms with Gasteiger partial charge in [0.1, 0.15) is 5.82 Å². The first kappa shape index (κ1) is 12.3. The lowest BCUT2D eigenvalue weighted by Gasteiger charge is -2.07. The van der Waals surface area contributed by atoms with Crippen molar-refractivity contribution in [2.24, 2.45) is 0 Å². The first-order valence-electron chi connectivity index (χ1n) is 5.80. The minimum absolute atomic E-state index is 0.447. The summed E-state index contributed by atoms with van der Waals surface area (Å²) >= 11 is 0. The summed E-state index contributed by atoms with van der Waals surface area (Å²) in [5.41, 5.74) is 0.894. The van der Waals surface area contributed by atoms with Gasteiger partial charge in [0.25, 0.3) is 0 Å². The maximum absolute atomic E-state index is 5.01. The molecule has 2 N–H and O–H groups in total. The molecule has 0 bridgehead atoms. The topological polar surface area (TPSA) is 88.8 Å². The Labute approximate surface area is 105 Å². The lowest BCUT2D eigenvalue weighted by atomic mass is 10.4. The van der Waals surface area contributed by atoms with E-state index in [9.17, 15) is 0 Å². The van der Waals surface area contributed by atoms with E-state index in [0.717, 1.165) is 18.1 Å². The summed E-state index contributed by atoms with van der Waals surface area (Å²) in [6, 6.07) is 1.87. The smallest absolute Gasteiger partial charge is 0.245 e. The Kier molecular flexibility index (Phi) is 3.71. The number of nitrogens with one attached hydrogen (secondary N) is 2. The third-order valence-electron chi connectivity index (χ3n) is 2.18. The third-order valence-corrected chi connectivity index (χ3v) is 2.18. The number of nitrogens with zero attached hydrogens (tertiary/aromatic N) is 4. The van der Waals surface area contributed by atoms with Gasteiger partial charge in [-0.2, -0.15) is 9.97 Å². The Hall–Kier alpha value is -2.18. The predicted molar refractivity (Wildman–Crippen MR) is 67.3 cm³/mol. The van der Waals surface area contributed by atoms with Crippen molar-refractivity contribution in [3.63, 3.8) is 0 Å². The highest BCUT2D eigenvalue weighted by Gasteiger charge is 2.04. The standard InChI is InChI=1S/C11H16N6O/c1-4-12-11-14-7(2)5-9(16-11)13-6-10-15-8(3)17-18-10/h5H,4,6H2,1-3H3,(H2,12,13,14,16). The Morgan fingerprint density at radius 2 is 2.00 bits per heavy atom. The highest BCUT2D eigenvalue weighted by Crippen LogP contribution is 2.10. The molecule has 0 saturated carbocycles. The van der Waals surface area contributed by atoms with E-state index in [1.54, 1.807) is 6.92 Å². The Balaban J connectivity index is 2.04. The predicted octanol–water partition coefficient (Wildman–Crippen LogP) is 1.52. The van der Waals surface area contributed by atoms with Crippen LogP contribution in [0.4, 0.5) is 11.8 Å². The van der Waals surface area contributed by atoms with Crippen LogP contribution < -0.4 is 10.6 Å². The van der Waals surface area contributed by atoms with E-state index in [4.69, 9.17) is 4.52 Å². The molecule has 2 aromatic rings. The second-order valence-electron chi connectivity index (χ2n) is 3.84. The van der Waals surface area contributed by atoms with Gasteiger partial charge in [0.05, 0.1) is 6.54 Å². The van der Waals surface area contributed by atoms with Crippen LogP contribution in [0.5, 0.6) is 0 Å². The molecule has 0 saturated heterocycles. The van der Waals surface area contributed by atoms with E-state index in [-0.39, 0.29) is 0 Å². The molecule has 96 valence electrons.